The Hall–Kier alpha value is -2.43. The van der Waals surface area contributed by atoms with E-state index in [-0.39, 0.29) is 35.2 Å². The summed E-state index contributed by atoms with van der Waals surface area (Å²) >= 11 is 0. The molecule has 210 valence electrons. The third-order valence-electron chi connectivity index (χ3n) is 6.99. The normalized spacial score (nSPS) is 13.8. The topological polar surface area (TPSA) is 89.5 Å². The molecule has 0 aliphatic heterocycles. The number of ketones is 1. The number of hydrogen-bond donors (Lipinski definition) is 0. The molecule has 0 aliphatic carbocycles. The van der Waals surface area contributed by atoms with Gasteiger partial charge in [0.1, 0.15) is 5.82 Å². The molecule has 1 aromatic heterocycles. The van der Waals surface area contributed by atoms with Crippen molar-refractivity contribution in [3.8, 4) is 11.3 Å². The number of allylic oxidation sites excluding steroid dienone is 1. The lowest BCUT2D eigenvalue weighted by atomic mass is 9.97. The molecule has 0 N–H and O–H groups in total. The van der Waals surface area contributed by atoms with Gasteiger partial charge in [0.15, 0.2) is 14.1 Å². The molecule has 0 amide bonds. The van der Waals surface area contributed by atoms with Crippen LogP contribution in [0, 0.1) is 5.82 Å². The Morgan fingerprint density at radius 2 is 1.74 bits per heavy atom. The molecule has 1 aromatic carbocycles. The number of rotatable bonds is 11. The van der Waals surface area contributed by atoms with Crippen LogP contribution in [0.2, 0.25) is 18.1 Å². The van der Waals surface area contributed by atoms with E-state index in [4.69, 9.17) is 4.43 Å². The summed E-state index contributed by atoms with van der Waals surface area (Å²) < 4.78 is 45.6. The van der Waals surface area contributed by atoms with Gasteiger partial charge in [-0.25, -0.2) is 27.1 Å². The summed E-state index contributed by atoms with van der Waals surface area (Å²) in [5.41, 5.74) is 2.17. The quantitative estimate of drug-likeness (QED) is 0.227. The molecule has 7 nitrogen and oxygen atoms in total. The maximum absolute atomic E-state index is 13.7. The molecule has 0 unspecified atom stereocenters. The molecule has 1 atom stereocenters. The number of nitrogens with zero attached hydrogens (tertiary/aromatic N) is 3. The van der Waals surface area contributed by atoms with E-state index >= 15 is 0 Å². The van der Waals surface area contributed by atoms with Crippen molar-refractivity contribution in [3.05, 3.63) is 47.4 Å². The van der Waals surface area contributed by atoms with Gasteiger partial charge >= 0.3 is 0 Å². The fraction of sp³-hybridized carbons (Fsp3) is 0.536. The van der Waals surface area contributed by atoms with Gasteiger partial charge in [0.2, 0.25) is 16.0 Å². The van der Waals surface area contributed by atoms with E-state index in [9.17, 15) is 17.6 Å². The van der Waals surface area contributed by atoms with E-state index in [1.807, 2.05) is 20.8 Å². The molecule has 2 rings (SSSR count). The van der Waals surface area contributed by atoms with Crippen LogP contribution in [0.4, 0.5) is 10.3 Å². The highest BCUT2D eigenvalue weighted by Crippen LogP contribution is 2.38. The van der Waals surface area contributed by atoms with Crippen molar-refractivity contribution in [2.24, 2.45) is 0 Å². The standard InChI is InChI=1S/C28H42FN3O4SSi/c1-11-23(36-38(9,10)28(4,5)6)18-22(33)16-17-24-25(19(2)3)30-27(32(7)37(8,34)35)31-26(24)20-12-14-21(29)15-13-20/h12-17,19,23H,11,18H2,1-10H3/b17-16+/t23-/m0/s1. The molecule has 0 spiro atoms. The van der Waals surface area contributed by atoms with Crippen LogP contribution < -0.4 is 4.31 Å². The highest BCUT2D eigenvalue weighted by molar-refractivity contribution is 7.92. The van der Waals surface area contributed by atoms with Crippen LogP contribution in [-0.2, 0) is 19.2 Å². The first-order valence-electron chi connectivity index (χ1n) is 12.9. The summed E-state index contributed by atoms with van der Waals surface area (Å²) in [7, 11) is -4.27. The first kappa shape index (κ1) is 31.8. The maximum atomic E-state index is 13.7. The van der Waals surface area contributed by atoms with Crippen molar-refractivity contribution in [2.75, 3.05) is 17.6 Å². The molecule has 2 aromatic rings. The Morgan fingerprint density at radius 1 is 1.16 bits per heavy atom. The molecule has 10 heteroatoms. The molecular formula is C28H42FN3O4SSi. The number of aromatic nitrogens is 2. The summed E-state index contributed by atoms with van der Waals surface area (Å²) in [5.74, 6) is -0.593. The van der Waals surface area contributed by atoms with Crippen LogP contribution in [0.3, 0.4) is 0 Å². The molecule has 1 heterocycles. The average Bonchev–Trinajstić information content (AvgIpc) is 2.80. The predicted molar refractivity (Wildman–Crippen MR) is 156 cm³/mol. The van der Waals surface area contributed by atoms with Gasteiger partial charge in [0.25, 0.3) is 0 Å². The number of anilines is 1. The van der Waals surface area contributed by atoms with Crippen molar-refractivity contribution in [1.82, 2.24) is 9.97 Å². The zero-order chi connectivity index (χ0) is 29.1. The van der Waals surface area contributed by atoms with Crippen molar-refractivity contribution >= 4 is 36.1 Å². The Labute approximate surface area is 228 Å². The van der Waals surface area contributed by atoms with E-state index in [2.05, 4.69) is 43.8 Å². The van der Waals surface area contributed by atoms with Gasteiger partial charge in [0.05, 0.1) is 23.7 Å². The zero-order valence-electron chi connectivity index (χ0n) is 24.3. The SMILES string of the molecule is CC[C@@H](CC(=O)/C=C/c1c(-c2ccc(F)cc2)nc(N(C)S(C)(=O)=O)nc1C(C)C)O[Si](C)(C)C(C)(C)C. The van der Waals surface area contributed by atoms with Gasteiger partial charge in [-0.1, -0.05) is 41.5 Å². The van der Waals surface area contributed by atoms with Gasteiger partial charge in [-0.2, -0.15) is 0 Å². The molecule has 0 bridgehead atoms. The Bertz CT molecular complexity index is 1270. The lowest BCUT2D eigenvalue weighted by Crippen LogP contribution is -2.44. The lowest BCUT2D eigenvalue weighted by molar-refractivity contribution is -0.116. The molecule has 0 saturated carbocycles. The number of benzene rings is 1. The van der Waals surface area contributed by atoms with Crippen LogP contribution in [0.5, 0.6) is 0 Å². The minimum absolute atomic E-state index is 0.00724. The molecule has 0 saturated heterocycles. The third-order valence-corrected chi connectivity index (χ3v) is 12.7. The Kier molecular flexibility index (Phi) is 10.2. The Morgan fingerprint density at radius 3 is 2.21 bits per heavy atom. The number of halogens is 1. The minimum Gasteiger partial charge on any atom is -0.413 e. The minimum atomic E-state index is -3.62. The van der Waals surface area contributed by atoms with E-state index in [0.717, 1.165) is 17.0 Å². The van der Waals surface area contributed by atoms with Crippen molar-refractivity contribution in [3.63, 3.8) is 0 Å². The first-order valence-corrected chi connectivity index (χ1v) is 17.6. The summed E-state index contributed by atoms with van der Waals surface area (Å²) in [6, 6.07) is 5.78. The summed E-state index contributed by atoms with van der Waals surface area (Å²) in [4.78, 5) is 22.2. The maximum Gasteiger partial charge on any atom is 0.239 e. The average molecular weight is 564 g/mol. The van der Waals surface area contributed by atoms with Crippen molar-refractivity contribution < 1.29 is 22.0 Å². The van der Waals surface area contributed by atoms with Gasteiger partial charge < -0.3 is 4.43 Å². The van der Waals surface area contributed by atoms with E-state index in [0.29, 0.717) is 22.5 Å². The van der Waals surface area contributed by atoms with Crippen molar-refractivity contribution in [2.45, 2.75) is 84.5 Å². The number of carbonyl (C=O) groups excluding carboxylic acids is 1. The van der Waals surface area contributed by atoms with Gasteiger partial charge in [-0.3, -0.25) is 4.79 Å². The van der Waals surface area contributed by atoms with Gasteiger partial charge in [-0.15, -0.1) is 0 Å². The molecule has 0 radical (unpaired) electrons. The number of hydrogen-bond acceptors (Lipinski definition) is 6. The second-order valence-electron chi connectivity index (χ2n) is 11.5. The fourth-order valence-corrected chi connectivity index (χ4v) is 5.34. The van der Waals surface area contributed by atoms with Crippen LogP contribution in [-0.4, -0.2) is 51.9 Å². The fourth-order valence-electron chi connectivity index (χ4n) is 3.53. The molecule has 0 fully saturated rings. The summed E-state index contributed by atoms with van der Waals surface area (Å²) in [6.07, 6.45) is 5.05. The highest BCUT2D eigenvalue weighted by atomic mass is 32.2. The van der Waals surface area contributed by atoms with Crippen LogP contribution >= 0.6 is 0 Å². The summed E-state index contributed by atoms with van der Waals surface area (Å²) in [5, 5.41) is 0.0355. The first-order chi connectivity index (χ1) is 17.4. The molecule has 38 heavy (non-hydrogen) atoms. The predicted octanol–water partition coefficient (Wildman–Crippen LogP) is 6.57. The van der Waals surface area contributed by atoms with E-state index in [1.165, 1.54) is 25.3 Å². The highest BCUT2D eigenvalue weighted by Gasteiger charge is 2.39. The lowest BCUT2D eigenvalue weighted by Gasteiger charge is -2.39. The monoisotopic (exact) mass is 563 g/mol. The number of carbonyl (C=O) groups is 1. The smallest absolute Gasteiger partial charge is 0.239 e. The van der Waals surface area contributed by atoms with Crippen LogP contribution in [0.15, 0.2) is 30.3 Å². The second-order valence-corrected chi connectivity index (χ2v) is 18.2. The van der Waals surface area contributed by atoms with E-state index in [1.54, 1.807) is 18.2 Å². The van der Waals surface area contributed by atoms with Crippen LogP contribution in [0.1, 0.15) is 71.6 Å². The van der Waals surface area contributed by atoms with Crippen LogP contribution in [0.25, 0.3) is 17.3 Å². The molecule has 0 aliphatic rings. The third kappa shape index (κ3) is 8.03. The van der Waals surface area contributed by atoms with Crippen molar-refractivity contribution in [1.29, 1.82) is 0 Å². The van der Waals surface area contributed by atoms with Gasteiger partial charge in [-0.05, 0) is 66.9 Å². The van der Waals surface area contributed by atoms with E-state index < -0.39 is 24.2 Å². The van der Waals surface area contributed by atoms with Gasteiger partial charge in [0, 0.05) is 24.6 Å². The second kappa shape index (κ2) is 12.2. The largest absolute Gasteiger partial charge is 0.413 e. The zero-order valence-corrected chi connectivity index (χ0v) is 26.1. The number of sulfonamides is 1. The molecular weight excluding hydrogens is 521 g/mol. The Balaban J connectivity index is 2.55. The summed E-state index contributed by atoms with van der Waals surface area (Å²) in [6.45, 7) is 16.7.